The predicted molar refractivity (Wildman–Crippen MR) is 121 cm³/mol. The molecule has 1 aliphatic rings. The zero-order valence-corrected chi connectivity index (χ0v) is 20.0. The van der Waals surface area contributed by atoms with Crippen LogP contribution >= 0.6 is 27.5 Å². The summed E-state index contributed by atoms with van der Waals surface area (Å²) in [4.78, 5) is 26.5. The van der Waals surface area contributed by atoms with Gasteiger partial charge in [0.2, 0.25) is 5.91 Å². The Morgan fingerprint density at radius 2 is 2.03 bits per heavy atom. The number of carbonyl (C=O) groups excluding carboxylic acids is 2. The minimum absolute atomic E-state index is 0.0907. The SMILES string of the molecule is CC(C)(C)OC(=O)N[C@@H]1Cc2ccc(Cl)c(Oc3cc(F)ccc3Br)c2N(CCF)C1=O. The smallest absolute Gasteiger partial charge is 0.408 e. The third-order valence-corrected chi connectivity index (χ3v) is 5.48. The number of halogens is 4. The molecule has 0 saturated carbocycles. The van der Waals surface area contributed by atoms with Gasteiger partial charge in [-0.05, 0) is 60.5 Å². The number of fused-ring (bicyclic) bond motifs is 1. The van der Waals surface area contributed by atoms with Crippen LogP contribution in [-0.4, -0.2) is 36.9 Å². The monoisotopic (exact) mass is 530 g/mol. The number of rotatable bonds is 5. The molecule has 2 aromatic rings. The Bertz CT molecular complexity index is 1050. The normalized spacial score (nSPS) is 15.9. The van der Waals surface area contributed by atoms with Gasteiger partial charge in [-0.3, -0.25) is 4.79 Å². The number of amides is 2. The molecule has 6 nitrogen and oxygen atoms in total. The van der Waals surface area contributed by atoms with Crippen LogP contribution in [-0.2, 0) is 16.0 Å². The molecule has 0 fully saturated rings. The fourth-order valence-corrected chi connectivity index (χ4v) is 3.80. The highest BCUT2D eigenvalue weighted by Crippen LogP contribution is 2.45. The van der Waals surface area contributed by atoms with Crippen LogP contribution in [0.5, 0.6) is 11.5 Å². The number of benzene rings is 2. The predicted octanol–water partition coefficient (Wildman–Crippen LogP) is 5.79. The second kappa shape index (κ2) is 9.62. The Morgan fingerprint density at radius 1 is 1.31 bits per heavy atom. The molecule has 172 valence electrons. The van der Waals surface area contributed by atoms with E-state index in [1.54, 1.807) is 32.9 Å². The van der Waals surface area contributed by atoms with Crippen molar-refractivity contribution in [2.45, 2.75) is 38.8 Å². The van der Waals surface area contributed by atoms with Gasteiger partial charge in [0.15, 0.2) is 5.75 Å². The minimum Gasteiger partial charge on any atom is -0.452 e. The maximum Gasteiger partial charge on any atom is 0.408 e. The van der Waals surface area contributed by atoms with Crippen molar-refractivity contribution in [1.82, 2.24) is 5.32 Å². The number of nitrogens with one attached hydrogen (secondary N) is 1. The molecule has 32 heavy (non-hydrogen) atoms. The molecule has 0 radical (unpaired) electrons. The fourth-order valence-electron chi connectivity index (χ4n) is 3.29. The van der Waals surface area contributed by atoms with Crippen LogP contribution in [0.15, 0.2) is 34.8 Å². The van der Waals surface area contributed by atoms with Crippen molar-refractivity contribution < 1.29 is 27.8 Å². The first-order chi connectivity index (χ1) is 15.0. The van der Waals surface area contributed by atoms with E-state index in [-0.39, 0.29) is 35.2 Å². The second-order valence-corrected chi connectivity index (χ2v) is 9.40. The Hall–Kier alpha value is -2.39. The summed E-state index contributed by atoms with van der Waals surface area (Å²) in [5.74, 6) is -0.830. The van der Waals surface area contributed by atoms with Crippen LogP contribution < -0.4 is 15.0 Å². The lowest BCUT2D eigenvalue weighted by Gasteiger charge is -2.35. The quantitative estimate of drug-likeness (QED) is 0.531. The lowest BCUT2D eigenvalue weighted by atomic mass is 9.96. The Balaban J connectivity index is 1.99. The molecule has 2 aromatic carbocycles. The molecule has 1 N–H and O–H groups in total. The second-order valence-electron chi connectivity index (χ2n) is 8.14. The van der Waals surface area contributed by atoms with Crippen LogP contribution in [0.1, 0.15) is 26.3 Å². The Morgan fingerprint density at radius 3 is 2.69 bits per heavy atom. The van der Waals surface area contributed by atoms with Gasteiger partial charge >= 0.3 is 6.09 Å². The summed E-state index contributed by atoms with van der Waals surface area (Å²) in [7, 11) is 0. The summed E-state index contributed by atoms with van der Waals surface area (Å²) >= 11 is 9.64. The van der Waals surface area contributed by atoms with Crippen molar-refractivity contribution in [3.8, 4) is 11.5 Å². The van der Waals surface area contributed by atoms with Crippen molar-refractivity contribution in [1.29, 1.82) is 0 Å². The van der Waals surface area contributed by atoms with E-state index in [0.717, 1.165) is 6.07 Å². The van der Waals surface area contributed by atoms with Crippen molar-refractivity contribution in [3.05, 3.63) is 51.2 Å². The Labute approximate surface area is 197 Å². The molecular weight excluding hydrogens is 510 g/mol. The Kier molecular flexibility index (Phi) is 7.29. The van der Waals surface area contributed by atoms with Crippen LogP contribution in [0.25, 0.3) is 0 Å². The van der Waals surface area contributed by atoms with Gasteiger partial charge in [0.25, 0.3) is 0 Å². The van der Waals surface area contributed by atoms with Gasteiger partial charge in [-0.25, -0.2) is 13.6 Å². The molecule has 1 atom stereocenters. The van der Waals surface area contributed by atoms with E-state index in [0.29, 0.717) is 10.0 Å². The third kappa shape index (κ3) is 5.50. The van der Waals surface area contributed by atoms with Gasteiger partial charge in [0, 0.05) is 12.5 Å². The average Bonchev–Trinajstić information content (AvgIpc) is 2.68. The molecule has 1 aliphatic heterocycles. The zero-order chi connectivity index (χ0) is 23.6. The van der Waals surface area contributed by atoms with Gasteiger partial charge in [-0.2, -0.15) is 0 Å². The van der Waals surface area contributed by atoms with Crippen molar-refractivity contribution >= 4 is 45.2 Å². The molecule has 0 aromatic heterocycles. The summed E-state index contributed by atoms with van der Waals surface area (Å²) in [5.41, 5.74) is 0.134. The number of carbonyl (C=O) groups is 2. The molecule has 3 rings (SSSR count). The van der Waals surface area contributed by atoms with Crippen LogP contribution in [0.4, 0.5) is 19.3 Å². The molecule has 0 unspecified atom stereocenters. The third-order valence-electron chi connectivity index (χ3n) is 4.53. The highest BCUT2D eigenvalue weighted by atomic mass is 79.9. The number of hydrogen-bond donors (Lipinski definition) is 1. The van der Waals surface area contributed by atoms with E-state index in [1.165, 1.54) is 17.0 Å². The highest BCUT2D eigenvalue weighted by molar-refractivity contribution is 9.10. The molecular formula is C22H22BrClF2N2O4. The molecule has 0 spiro atoms. The zero-order valence-electron chi connectivity index (χ0n) is 17.7. The number of anilines is 1. The largest absolute Gasteiger partial charge is 0.452 e. The maximum absolute atomic E-state index is 13.7. The number of ether oxygens (including phenoxy) is 2. The summed E-state index contributed by atoms with van der Waals surface area (Å²) in [6.45, 7) is 4.00. The summed E-state index contributed by atoms with van der Waals surface area (Å²) < 4.78 is 38.7. The summed E-state index contributed by atoms with van der Waals surface area (Å²) in [6.07, 6.45) is -0.637. The first-order valence-corrected chi connectivity index (χ1v) is 11.0. The molecule has 0 bridgehead atoms. The molecule has 2 amide bonds. The lowest BCUT2D eigenvalue weighted by Crippen LogP contribution is -2.54. The van der Waals surface area contributed by atoms with Gasteiger partial charge in [-0.1, -0.05) is 17.7 Å². The number of hydrogen-bond acceptors (Lipinski definition) is 4. The van der Waals surface area contributed by atoms with Gasteiger partial charge < -0.3 is 19.7 Å². The van der Waals surface area contributed by atoms with E-state index in [1.807, 2.05) is 0 Å². The van der Waals surface area contributed by atoms with Crippen molar-refractivity contribution in [2.24, 2.45) is 0 Å². The van der Waals surface area contributed by atoms with Gasteiger partial charge in [0.05, 0.1) is 21.7 Å². The molecule has 10 heteroatoms. The molecule has 0 aliphatic carbocycles. The van der Waals surface area contributed by atoms with E-state index in [2.05, 4.69) is 21.2 Å². The van der Waals surface area contributed by atoms with E-state index >= 15 is 0 Å². The minimum atomic E-state index is -0.959. The van der Waals surface area contributed by atoms with E-state index in [4.69, 9.17) is 21.1 Å². The van der Waals surface area contributed by atoms with Crippen molar-refractivity contribution in [3.63, 3.8) is 0 Å². The lowest BCUT2D eigenvalue weighted by molar-refractivity contribution is -0.121. The van der Waals surface area contributed by atoms with Gasteiger partial charge in [-0.15, -0.1) is 0 Å². The first-order valence-electron chi connectivity index (χ1n) is 9.81. The van der Waals surface area contributed by atoms with E-state index < -0.39 is 36.1 Å². The summed E-state index contributed by atoms with van der Waals surface area (Å²) in [5, 5.41) is 2.71. The highest BCUT2D eigenvalue weighted by Gasteiger charge is 2.37. The van der Waals surface area contributed by atoms with Gasteiger partial charge in [0.1, 0.15) is 29.9 Å². The van der Waals surface area contributed by atoms with Crippen molar-refractivity contribution in [2.75, 3.05) is 18.1 Å². The topological polar surface area (TPSA) is 67.9 Å². The summed E-state index contributed by atoms with van der Waals surface area (Å²) in [6, 6.07) is 6.17. The maximum atomic E-state index is 13.7. The number of alkyl halides is 1. The molecule has 1 heterocycles. The first kappa shape index (κ1) is 24.3. The number of alkyl carbamates (subject to hydrolysis) is 1. The molecule has 0 saturated heterocycles. The van der Waals surface area contributed by atoms with Crippen LogP contribution in [0.3, 0.4) is 0 Å². The standard InChI is InChI=1S/C22H22BrClF2N2O4/c1-22(2,3)32-21(30)27-16-10-12-4-7-15(24)19(18(12)28(9-8-25)20(16)29)31-17-11-13(26)5-6-14(17)23/h4-7,11,16H,8-10H2,1-3H3,(H,27,30)/t16-/m1/s1. The van der Waals surface area contributed by atoms with Crippen LogP contribution in [0, 0.1) is 5.82 Å². The van der Waals surface area contributed by atoms with Crippen LogP contribution in [0.2, 0.25) is 5.02 Å². The number of nitrogens with zero attached hydrogens (tertiary/aromatic N) is 1. The fraction of sp³-hybridized carbons (Fsp3) is 0.364. The van der Waals surface area contributed by atoms with E-state index in [9.17, 15) is 18.4 Å². The average molecular weight is 532 g/mol.